The van der Waals surface area contributed by atoms with Crippen LogP contribution in [0.25, 0.3) is 6.08 Å². The van der Waals surface area contributed by atoms with Gasteiger partial charge in [-0.3, -0.25) is 0 Å². The van der Waals surface area contributed by atoms with Crippen molar-refractivity contribution < 1.29 is 0 Å². The Morgan fingerprint density at radius 1 is 0.905 bits per heavy atom. The number of nitrogens with zero attached hydrogens (tertiary/aromatic N) is 1. The largest absolute Gasteiger partial charge is 0.347 e. The molecule has 0 aromatic heterocycles. The summed E-state index contributed by atoms with van der Waals surface area (Å²) in [7, 11) is 2.15. The SMILES string of the molecule is CN1/C(=C\C=C\c2ccccc2)C(C)(C)c2ccccc21. The molecule has 0 unspecified atom stereocenters. The number of benzene rings is 2. The number of likely N-dealkylation sites (N-methyl/N-ethyl adjacent to an activating group) is 1. The van der Waals surface area contributed by atoms with E-state index in [1.165, 1.54) is 22.5 Å². The Balaban J connectivity index is 1.93. The molecule has 0 fully saturated rings. The zero-order valence-corrected chi connectivity index (χ0v) is 12.9. The van der Waals surface area contributed by atoms with E-state index in [-0.39, 0.29) is 5.41 Å². The van der Waals surface area contributed by atoms with Gasteiger partial charge in [-0.15, -0.1) is 0 Å². The highest BCUT2D eigenvalue weighted by Gasteiger charge is 2.37. The third-order valence-corrected chi connectivity index (χ3v) is 4.28. The van der Waals surface area contributed by atoms with Crippen molar-refractivity contribution in [2.45, 2.75) is 19.3 Å². The van der Waals surface area contributed by atoms with Gasteiger partial charge in [0.1, 0.15) is 0 Å². The van der Waals surface area contributed by atoms with E-state index in [1.807, 2.05) is 6.07 Å². The molecule has 2 aromatic carbocycles. The van der Waals surface area contributed by atoms with Crippen molar-refractivity contribution in [1.29, 1.82) is 0 Å². The third kappa shape index (κ3) is 2.40. The second-order valence-electron chi connectivity index (χ2n) is 6.02. The summed E-state index contributed by atoms with van der Waals surface area (Å²) >= 11 is 0. The van der Waals surface area contributed by atoms with Gasteiger partial charge in [-0.25, -0.2) is 0 Å². The van der Waals surface area contributed by atoms with Gasteiger partial charge in [0.25, 0.3) is 0 Å². The average molecular weight is 275 g/mol. The van der Waals surface area contributed by atoms with E-state index in [4.69, 9.17) is 0 Å². The summed E-state index contributed by atoms with van der Waals surface area (Å²) in [6.45, 7) is 4.58. The van der Waals surface area contributed by atoms with E-state index in [0.717, 1.165) is 0 Å². The summed E-state index contributed by atoms with van der Waals surface area (Å²) in [5.74, 6) is 0. The second kappa shape index (κ2) is 5.25. The summed E-state index contributed by atoms with van der Waals surface area (Å²) in [4.78, 5) is 2.30. The fraction of sp³-hybridized carbons (Fsp3) is 0.200. The Morgan fingerprint density at radius 2 is 1.57 bits per heavy atom. The van der Waals surface area contributed by atoms with Crippen LogP contribution in [0.1, 0.15) is 25.0 Å². The van der Waals surface area contributed by atoms with Crippen molar-refractivity contribution in [3.05, 3.63) is 83.6 Å². The zero-order chi connectivity index (χ0) is 14.9. The first-order chi connectivity index (χ1) is 10.1. The van der Waals surface area contributed by atoms with Crippen LogP contribution in [0.5, 0.6) is 0 Å². The third-order valence-electron chi connectivity index (χ3n) is 4.28. The number of hydrogen-bond acceptors (Lipinski definition) is 1. The van der Waals surface area contributed by atoms with Gasteiger partial charge in [0, 0.05) is 23.8 Å². The maximum atomic E-state index is 2.30. The van der Waals surface area contributed by atoms with Gasteiger partial charge in [-0.05, 0) is 23.3 Å². The lowest BCUT2D eigenvalue weighted by atomic mass is 9.84. The molecule has 1 heteroatoms. The quantitative estimate of drug-likeness (QED) is 0.744. The average Bonchev–Trinajstić information content (AvgIpc) is 2.70. The molecular weight excluding hydrogens is 254 g/mol. The fourth-order valence-corrected chi connectivity index (χ4v) is 3.12. The molecule has 3 rings (SSSR count). The first-order valence-corrected chi connectivity index (χ1v) is 7.38. The highest BCUT2D eigenvalue weighted by molar-refractivity contribution is 5.70. The summed E-state index contributed by atoms with van der Waals surface area (Å²) in [5, 5.41) is 0. The smallest absolute Gasteiger partial charge is 0.0447 e. The lowest BCUT2D eigenvalue weighted by Gasteiger charge is -2.23. The zero-order valence-electron chi connectivity index (χ0n) is 12.9. The topological polar surface area (TPSA) is 3.24 Å². The lowest BCUT2D eigenvalue weighted by Crippen LogP contribution is -2.22. The van der Waals surface area contributed by atoms with Gasteiger partial charge in [-0.1, -0.05) is 74.5 Å². The molecule has 0 saturated carbocycles. The molecule has 1 aliphatic rings. The Bertz CT molecular complexity index is 693. The minimum Gasteiger partial charge on any atom is -0.347 e. The van der Waals surface area contributed by atoms with Gasteiger partial charge >= 0.3 is 0 Å². The van der Waals surface area contributed by atoms with Crippen molar-refractivity contribution >= 4 is 11.8 Å². The number of anilines is 1. The van der Waals surface area contributed by atoms with Gasteiger partial charge in [0.2, 0.25) is 0 Å². The van der Waals surface area contributed by atoms with E-state index in [0.29, 0.717) is 0 Å². The van der Waals surface area contributed by atoms with Gasteiger partial charge in [-0.2, -0.15) is 0 Å². The van der Waals surface area contributed by atoms with Crippen molar-refractivity contribution in [3.63, 3.8) is 0 Å². The van der Waals surface area contributed by atoms with Crippen LogP contribution in [0, 0.1) is 0 Å². The monoisotopic (exact) mass is 275 g/mol. The molecule has 0 N–H and O–H groups in total. The standard InChI is InChI=1S/C20H21N/c1-20(2)17-13-7-8-14-18(17)21(3)19(20)15-9-12-16-10-5-4-6-11-16/h4-15H,1-3H3/b12-9+,19-15-. The van der Waals surface area contributed by atoms with Crippen LogP contribution in [-0.2, 0) is 5.41 Å². The molecule has 0 saturated heterocycles. The highest BCUT2D eigenvalue weighted by Crippen LogP contribution is 2.46. The predicted octanol–water partition coefficient (Wildman–Crippen LogP) is 5.01. The second-order valence-corrected chi connectivity index (χ2v) is 6.02. The minimum atomic E-state index is 0.0480. The summed E-state index contributed by atoms with van der Waals surface area (Å²) in [6.07, 6.45) is 6.53. The van der Waals surface area contributed by atoms with E-state index in [2.05, 4.69) is 92.6 Å². The van der Waals surface area contributed by atoms with Gasteiger partial charge in [0.15, 0.2) is 0 Å². The van der Waals surface area contributed by atoms with Crippen molar-refractivity contribution in [2.75, 3.05) is 11.9 Å². The molecule has 1 heterocycles. The number of hydrogen-bond donors (Lipinski definition) is 0. The predicted molar refractivity (Wildman–Crippen MR) is 91.4 cm³/mol. The van der Waals surface area contributed by atoms with Crippen LogP contribution in [0.15, 0.2) is 72.4 Å². The van der Waals surface area contributed by atoms with Crippen LogP contribution >= 0.6 is 0 Å². The van der Waals surface area contributed by atoms with Crippen LogP contribution in [0.4, 0.5) is 5.69 Å². The maximum Gasteiger partial charge on any atom is 0.0447 e. The molecule has 1 aliphatic heterocycles. The molecule has 0 atom stereocenters. The first kappa shape index (κ1) is 13.7. The van der Waals surface area contributed by atoms with Crippen molar-refractivity contribution in [1.82, 2.24) is 0 Å². The normalized spacial score (nSPS) is 18.4. The molecule has 21 heavy (non-hydrogen) atoms. The molecular formula is C20H21N. The molecule has 0 amide bonds. The Morgan fingerprint density at radius 3 is 2.29 bits per heavy atom. The Kier molecular flexibility index (Phi) is 3.42. The Labute approximate surface area is 127 Å². The van der Waals surface area contributed by atoms with Gasteiger partial charge in [0.05, 0.1) is 0 Å². The molecule has 0 radical (unpaired) electrons. The molecule has 0 aliphatic carbocycles. The molecule has 106 valence electrons. The Hall–Kier alpha value is -2.28. The van der Waals surface area contributed by atoms with Crippen LogP contribution in [0.2, 0.25) is 0 Å². The lowest BCUT2D eigenvalue weighted by molar-refractivity contribution is 0.640. The van der Waals surface area contributed by atoms with Gasteiger partial charge < -0.3 is 4.90 Å². The number of rotatable bonds is 2. The highest BCUT2D eigenvalue weighted by atomic mass is 15.2. The van der Waals surface area contributed by atoms with E-state index < -0.39 is 0 Å². The minimum absolute atomic E-state index is 0.0480. The summed E-state index contributed by atoms with van der Waals surface area (Å²) < 4.78 is 0. The number of para-hydroxylation sites is 1. The van der Waals surface area contributed by atoms with Crippen molar-refractivity contribution in [3.8, 4) is 0 Å². The van der Waals surface area contributed by atoms with Crippen LogP contribution in [0.3, 0.4) is 0 Å². The maximum absolute atomic E-state index is 2.30. The molecule has 0 spiro atoms. The number of allylic oxidation sites excluding steroid dienone is 3. The van der Waals surface area contributed by atoms with E-state index >= 15 is 0 Å². The molecule has 2 aromatic rings. The number of fused-ring (bicyclic) bond motifs is 1. The summed E-state index contributed by atoms with van der Waals surface area (Å²) in [6, 6.07) is 19.1. The van der Waals surface area contributed by atoms with E-state index in [9.17, 15) is 0 Å². The van der Waals surface area contributed by atoms with Crippen molar-refractivity contribution in [2.24, 2.45) is 0 Å². The van der Waals surface area contributed by atoms with E-state index in [1.54, 1.807) is 0 Å². The molecule has 0 bridgehead atoms. The molecule has 1 nitrogen and oxygen atoms in total. The first-order valence-electron chi connectivity index (χ1n) is 7.38. The van der Waals surface area contributed by atoms with Crippen LogP contribution in [-0.4, -0.2) is 7.05 Å². The summed E-state index contributed by atoms with van der Waals surface area (Å²) in [5.41, 5.74) is 5.31. The fourth-order valence-electron chi connectivity index (χ4n) is 3.12. The van der Waals surface area contributed by atoms with Crippen LogP contribution < -0.4 is 4.90 Å².